The van der Waals surface area contributed by atoms with Gasteiger partial charge in [0.2, 0.25) is 0 Å². The molecule has 0 aliphatic heterocycles. The number of anilines is 1. The van der Waals surface area contributed by atoms with Gasteiger partial charge in [-0.2, -0.15) is 0 Å². The Labute approximate surface area is 126 Å². The van der Waals surface area contributed by atoms with Gasteiger partial charge in [-0.3, -0.25) is 4.79 Å². The fraction of sp³-hybridized carbons (Fsp3) is 0.278. The average Bonchev–Trinajstić information content (AvgIpc) is 2.48. The topological polar surface area (TPSA) is 38.3 Å². The van der Waals surface area contributed by atoms with E-state index in [4.69, 9.17) is 4.74 Å². The number of benzene rings is 2. The molecule has 0 saturated heterocycles. The lowest BCUT2D eigenvalue weighted by Gasteiger charge is -2.18. The van der Waals surface area contributed by atoms with Crippen LogP contribution >= 0.6 is 0 Å². The van der Waals surface area contributed by atoms with Gasteiger partial charge in [0.15, 0.2) is 6.10 Å². The van der Waals surface area contributed by atoms with E-state index in [0.29, 0.717) is 6.42 Å². The second-order valence-electron chi connectivity index (χ2n) is 5.14. The summed E-state index contributed by atoms with van der Waals surface area (Å²) < 4.78 is 5.84. The van der Waals surface area contributed by atoms with Gasteiger partial charge in [-0.05, 0) is 44.0 Å². The molecule has 1 atom stereocenters. The summed E-state index contributed by atoms with van der Waals surface area (Å²) in [5.41, 5.74) is 2.98. The van der Waals surface area contributed by atoms with Crippen molar-refractivity contribution in [3.05, 3.63) is 59.7 Å². The summed E-state index contributed by atoms with van der Waals surface area (Å²) >= 11 is 0. The molecule has 0 radical (unpaired) electrons. The highest BCUT2D eigenvalue weighted by Crippen LogP contribution is 2.19. The van der Waals surface area contributed by atoms with Crippen LogP contribution < -0.4 is 10.1 Å². The lowest BCUT2D eigenvalue weighted by molar-refractivity contribution is -0.122. The fourth-order valence-electron chi connectivity index (χ4n) is 2.02. The van der Waals surface area contributed by atoms with E-state index in [9.17, 15) is 4.79 Å². The summed E-state index contributed by atoms with van der Waals surface area (Å²) in [5.74, 6) is 0.632. The minimum absolute atomic E-state index is 0.121. The third-order valence-electron chi connectivity index (χ3n) is 3.35. The zero-order valence-electron chi connectivity index (χ0n) is 12.7. The van der Waals surface area contributed by atoms with Gasteiger partial charge < -0.3 is 10.1 Å². The van der Waals surface area contributed by atoms with Crippen LogP contribution in [0.25, 0.3) is 0 Å². The Morgan fingerprint density at radius 1 is 1.10 bits per heavy atom. The Bertz CT molecular complexity index is 605. The molecule has 3 heteroatoms. The van der Waals surface area contributed by atoms with Gasteiger partial charge in [-0.15, -0.1) is 0 Å². The molecule has 0 spiro atoms. The summed E-state index contributed by atoms with van der Waals surface area (Å²) in [5, 5.41) is 2.90. The maximum Gasteiger partial charge on any atom is 0.265 e. The van der Waals surface area contributed by atoms with Gasteiger partial charge in [0.1, 0.15) is 5.75 Å². The molecule has 1 unspecified atom stereocenters. The maximum atomic E-state index is 12.3. The lowest BCUT2D eigenvalue weighted by atomic mass is 10.2. The van der Waals surface area contributed by atoms with Crippen molar-refractivity contribution in [1.29, 1.82) is 0 Å². The zero-order valence-corrected chi connectivity index (χ0v) is 12.7. The van der Waals surface area contributed by atoms with E-state index < -0.39 is 6.10 Å². The van der Waals surface area contributed by atoms with E-state index in [1.165, 1.54) is 0 Å². The summed E-state index contributed by atoms with van der Waals surface area (Å²) in [6.07, 6.45) is 0.124. The number of amides is 1. The summed E-state index contributed by atoms with van der Waals surface area (Å²) in [4.78, 5) is 12.3. The van der Waals surface area contributed by atoms with Crippen LogP contribution in [0.5, 0.6) is 5.75 Å². The van der Waals surface area contributed by atoms with Gasteiger partial charge >= 0.3 is 0 Å². The third kappa shape index (κ3) is 4.09. The van der Waals surface area contributed by atoms with E-state index >= 15 is 0 Å². The molecule has 1 N–H and O–H groups in total. The Hall–Kier alpha value is -2.29. The average molecular weight is 283 g/mol. The number of ether oxygens (including phenoxy) is 1. The Morgan fingerprint density at radius 3 is 2.38 bits per heavy atom. The predicted molar refractivity (Wildman–Crippen MR) is 85.7 cm³/mol. The molecule has 2 rings (SSSR count). The van der Waals surface area contributed by atoms with Crippen LogP contribution in [0.1, 0.15) is 24.5 Å². The largest absolute Gasteiger partial charge is 0.480 e. The van der Waals surface area contributed by atoms with Crippen molar-refractivity contribution in [3.8, 4) is 5.75 Å². The first-order chi connectivity index (χ1) is 10.1. The molecule has 1 amide bonds. The summed E-state index contributed by atoms with van der Waals surface area (Å²) in [6.45, 7) is 5.93. The number of aryl methyl sites for hydroxylation is 2. The van der Waals surface area contributed by atoms with Crippen LogP contribution in [0.4, 0.5) is 5.69 Å². The van der Waals surface area contributed by atoms with Gasteiger partial charge in [0.25, 0.3) is 5.91 Å². The second-order valence-corrected chi connectivity index (χ2v) is 5.14. The van der Waals surface area contributed by atoms with Gasteiger partial charge in [-0.1, -0.05) is 42.8 Å². The Kier molecular flexibility index (Phi) is 4.99. The molecule has 0 saturated carbocycles. The Balaban J connectivity index is 2.05. The van der Waals surface area contributed by atoms with Crippen molar-refractivity contribution in [1.82, 2.24) is 0 Å². The first-order valence-electron chi connectivity index (χ1n) is 7.20. The third-order valence-corrected chi connectivity index (χ3v) is 3.35. The highest BCUT2D eigenvalue weighted by atomic mass is 16.5. The van der Waals surface area contributed by atoms with Crippen molar-refractivity contribution in [2.24, 2.45) is 0 Å². The standard InChI is InChI=1S/C18H21NO2/c1-4-16(21-17-8-6-5-7-14(17)3)18(20)19-15-11-9-13(2)10-12-15/h5-12,16H,4H2,1-3H3,(H,19,20). The molecule has 21 heavy (non-hydrogen) atoms. The number of carbonyl (C=O) groups is 1. The smallest absolute Gasteiger partial charge is 0.265 e. The molecular formula is C18H21NO2. The minimum atomic E-state index is -0.493. The molecular weight excluding hydrogens is 262 g/mol. The van der Waals surface area contributed by atoms with Crippen LogP contribution in [0.2, 0.25) is 0 Å². The fourth-order valence-corrected chi connectivity index (χ4v) is 2.02. The molecule has 0 aliphatic rings. The second kappa shape index (κ2) is 6.93. The molecule has 110 valence electrons. The van der Waals surface area contributed by atoms with Crippen molar-refractivity contribution < 1.29 is 9.53 Å². The highest BCUT2D eigenvalue weighted by Gasteiger charge is 2.19. The normalized spacial score (nSPS) is 11.8. The van der Waals surface area contributed by atoms with E-state index in [1.54, 1.807) is 0 Å². The molecule has 0 heterocycles. The van der Waals surface area contributed by atoms with E-state index in [1.807, 2.05) is 69.3 Å². The van der Waals surface area contributed by atoms with Crippen molar-refractivity contribution >= 4 is 11.6 Å². The number of hydrogen-bond donors (Lipinski definition) is 1. The first-order valence-corrected chi connectivity index (χ1v) is 7.20. The molecule has 3 nitrogen and oxygen atoms in total. The number of nitrogens with one attached hydrogen (secondary N) is 1. The molecule has 0 aliphatic carbocycles. The quantitative estimate of drug-likeness (QED) is 0.897. The van der Waals surface area contributed by atoms with Gasteiger partial charge in [0.05, 0.1) is 0 Å². The first kappa shape index (κ1) is 15.1. The summed E-state index contributed by atoms with van der Waals surface area (Å²) in [7, 11) is 0. The molecule has 2 aromatic carbocycles. The molecule has 0 aromatic heterocycles. The van der Waals surface area contributed by atoms with E-state index in [0.717, 1.165) is 22.6 Å². The van der Waals surface area contributed by atoms with Crippen LogP contribution in [-0.2, 0) is 4.79 Å². The maximum absolute atomic E-state index is 12.3. The number of para-hydroxylation sites is 1. The summed E-state index contributed by atoms with van der Waals surface area (Å²) in [6, 6.07) is 15.5. The van der Waals surface area contributed by atoms with Crippen LogP contribution in [0, 0.1) is 13.8 Å². The SMILES string of the molecule is CCC(Oc1ccccc1C)C(=O)Nc1ccc(C)cc1. The van der Waals surface area contributed by atoms with Crippen LogP contribution in [0.3, 0.4) is 0 Å². The highest BCUT2D eigenvalue weighted by molar-refractivity contribution is 5.94. The molecule has 0 fully saturated rings. The van der Waals surface area contributed by atoms with Crippen molar-refractivity contribution in [3.63, 3.8) is 0 Å². The van der Waals surface area contributed by atoms with Crippen molar-refractivity contribution in [2.75, 3.05) is 5.32 Å². The van der Waals surface area contributed by atoms with E-state index in [-0.39, 0.29) is 5.91 Å². The van der Waals surface area contributed by atoms with Gasteiger partial charge in [0, 0.05) is 5.69 Å². The number of hydrogen-bond acceptors (Lipinski definition) is 2. The van der Waals surface area contributed by atoms with Crippen molar-refractivity contribution in [2.45, 2.75) is 33.3 Å². The van der Waals surface area contributed by atoms with Crippen LogP contribution in [0.15, 0.2) is 48.5 Å². The number of rotatable bonds is 5. The lowest BCUT2D eigenvalue weighted by Crippen LogP contribution is -2.32. The molecule has 0 bridgehead atoms. The monoisotopic (exact) mass is 283 g/mol. The zero-order chi connectivity index (χ0) is 15.2. The van der Waals surface area contributed by atoms with Gasteiger partial charge in [-0.25, -0.2) is 0 Å². The minimum Gasteiger partial charge on any atom is -0.480 e. The van der Waals surface area contributed by atoms with Crippen LogP contribution in [-0.4, -0.2) is 12.0 Å². The predicted octanol–water partition coefficient (Wildman–Crippen LogP) is 4.10. The number of carbonyl (C=O) groups excluding carboxylic acids is 1. The molecule has 2 aromatic rings. The van der Waals surface area contributed by atoms with E-state index in [2.05, 4.69) is 5.32 Å². The Morgan fingerprint density at radius 2 is 1.76 bits per heavy atom.